The maximum atomic E-state index is 5.73. The Balaban J connectivity index is 0.00000144. The van der Waals surface area contributed by atoms with E-state index in [1.54, 1.807) is 0 Å². The van der Waals surface area contributed by atoms with E-state index in [-0.39, 0.29) is 24.0 Å². The van der Waals surface area contributed by atoms with Crippen LogP contribution in [0.2, 0.25) is 0 Å². The van der Waals surface area contributed by atoms with Gasteiger partial charge in [0.25, 0.3) is 0 Å². The van der Waals surface area contributed by atoms with Crippen LogP contribution in [0.15, 0.2) is 9.52 Å². The summed E-state index contributed by atoms with van der Waals surface area (Å²) in [5, 5.41) is 7.05. The Morgan fingerprint density at radius 3 is 2.76 bits per heavy atom. The van der Waals surface area contributed by atoms with Crippen molar-refractivity contribution in [3.63, 3.8) is 0 Å². The van der Waals surface area contributed by atoms with Crippen LogP contribution in [0.4, 0.5) is 0 Å². The van der Waals surface area contributed by atoms with Crippen LogP contribution in [0, 0.1) is 13.8 Å². The lowest BCUT2D eigenvalue weighted by Gasteiger charge is -2.02. The highest BCUT2D eigenvalue weighted by atomic mass is 127. The standard InChI is InChI=1S/C11H18N4O.HI/c1-7-10(8(2)16-15-7)5-6-13-11(12)14-9-3-4-9;/h9H,3-6H2,1-2H3,(H3,12,13,14);1H. The summed E-state index contributed by atoms with van der Waals surface area (Å²) in [5.74, 6) is 1.43. The highest BCUT2D eigenvalue weighted by Gasteiger charge is 2.21. The molecular formula is C11H19IN4O. The second-order valence-corrected chi connectivity index (χ2v) is 4.24. The summed E-state index contributed by atoms with van der Waals surface area (Å²) in [6, 6.07) is 0.558. The molecule has 0 bridgehead atoms. The van der Waals surface area contributed by atoms with Crippen LogP contribution in [0.3, 0.4) is 0 Å². The van der Waals surface area contributed by atoms with Crippen molar-refractivity contribution in [1.82, 2.24) is 10.5 Å². The van der Waals surface area contributed by atoms with E-state index in [2.05, 4.69) is 15.5 Å². The number of hydrogen-bond donors (Lipinski definition) is 2. The van der Waals surface area contributed by atoms with Crippen LogP contribution in [0.5, 0.6) is 0 Å². The minimum atomic E-state index is 0. The third kappa shape index (κ3) is 4.18. The molecule has 17 heavy (non-hydrogen) atoms. The van der Waals surface area contributed by atoms with Gasteiger partial charge in [-0.3, -0.25) is 4.99 Å². The van der Waals surface area contributed by atoms with E-state index in [1.807, 2.05) is 13.8 Å². The summed E-state index contributed by atoms with van der Waals surface area (Å²) in [7, 11) is 0. The number of guanidine groups is 1. The van der Waals surface area contributed by atoms with Crippen molar-refractivity contribution >= 4 is 29.9 Å². The zero-order valence-electron chi connectivity index (χ0n) is 10.2. The predicted molar refractivity (Wildman–Crippen MR) is 77.7 cm³/mol. The van der Waals surface area contributed by atoms with Crippen molar-refractivity contribution in [2.45, 2.75) is 39.2 Å². The normalized spacial score (nSPS) is 15.5. The molecule has 0 amide bonds. The van der Waals surface area contributed by atoms with Gasteiger partial charge in [0.15, 0.2) is 5.96 Å². The molecular weight excluding hydrogens is 331 g/mol. The first-order valence-corrected chi connectivity index (χ1v) is 5.65. The van der Waals surface area contributed by atoms with Crippen LogP contribution >= 0.6 is 24.0 Å². The van der Waals surface area contributed by atoms with Gasteiger partial charge in [0.2, 0.25) is 0 Å². The number of rotatable bonds is 4. The Morgan fingerprint density at radius 1 is 1.53 bits per heavy atom. The smallest absolute Gasteiger partial charge is 0.188 e. The lowest BCUT2D eigenvalue weighted by molar-refractivity contribution is 0.392. The van der Waals surface area contributed by atoms with Gasteiger partial charge in [-0.25, -0.2) is 0 Å². The molecule has 1 fully saturated rings. The SMILES string of the molecule is Cc1noc(C)c1CCN=C(N)NC1CC1.I. The van der Waals surface area contributed by atoms with E-state index in [9.17, 15) is 0 Å². The van der Waals surface area contributed by atoms with Gasteiger partial charge >= 0.3 is 0 Å². The summed E-state index contributed by atoms with van der Waals surface area (Å²) >= 11 is 0. The van der Waals surface area contributed by atoms with Crippen LogP contribution in [0.1, 0.15) is 29.9 Å². The molecule has 1 aliphatic carbocycles. The maximum Gasteiger partial charge on any atom is 0.188 e. The van der Waals surface area contributed by atoms with E-state index in [1.165, 1.54) is 12.8 Å². The molecule has 0 saturated heterocycles. The van der Waals surface area contributed by atoms with Crippen molar-refractivity contribution < 1.29 is 4.52 Å². The fraction of sp³-hybridized carbons (Fsp3) is 0.636. The molecule has 0 aromatic carbocycles. The Bertz CT molecular complexity index is 379. The zero-order valence-corrected chi connectivity index (χ0v) is 12.5. The van der Waals surface area contributed by atoms with Crippen molar-refractivity contribution in [3.8, 4) is 0 Å². The van der Waals surface area contributed by atoms with E-state index in [0.29, 0.717) is 18.5 Å². The van der Waals surface area contributed by atoms with Gasteiger partial charge in [-0.15, -0.1) is 24.0 Å². The first-order chi connectivity index (χ1) is 7.66. The Labute approximate surface area is 118 Å². The Morgan fingerprint density at radius 2 is 2.24 bits per heavy atom. The highest BCUT2D eigenvalue weighted by molar-refractivity contribution is 14.0. The quantitative estimate of drug-likeness (QED) is 0.490. The largest absolute Gasteiger partial charge is 0.370 e. The Kier molecular flexibility index (Phi) is 5.23. The van der Waals surface area contributed by atoms with E-state index in [0.717, 1.165) is 23.4 Å². The maximum absolute atomic E-state index is 5.73. The van der Waals surface area contributed by atoms with Crippen LogP contribution in [-0.2, 0) is 6.42 Å². The summed E-state index contributed by atoms with van der Waals surface area (Å²) in [6.07, 6.45) is 3.24. The third-order valence-electron chi connectivity index (χ3n) is 2.75. The molecule has 0 spiro atoms. The molecule has 0 aliphatic heterocycles. The predicted octanol–water partition coefficient (Wildman–Crippen LogP) is 1.52. The van der Waals surface area contributed by atoms with Crippen LogP contribution in [0.25, 0.3) is 0 Å². The summed E-state index contributed by atoms with van der Waals surface area (Å²) in [6.45, 7) is 4.54. The van der Waals surface area contributed by atoms with E-state index >= 15 is 0 Å². The Hall–Kier alpha value is -0.790. The average Bonchev–Trinajstić information content (AvgIpc) is 2.99. The van der Waals surface area contributed by atoms with Crippen molar-refractivity contribution in [2.24, 2.45) is 10.7 Å². The number of nitrogens with two attached hydrogens (primary N) is 1. The summed E-state index contributed by atoms with van der Waals surface area (Å²) in [4.78, 5) is 4.28. The number of nitrogens with zero attached hydrogens (tertiary/aromatic N) is 2. The third-order valence-corrected chi connectivity index (χ3v) is 2.75. The van der Waals surface area contributed by atoms with Gasteiger partial charge in [-0.05, 0) is 33.1 Å². The van der Waals surface area contributed by atoms with Gasteiger partial charge in [0, 0.05) is 18.2 Å². The minimum absolute atomic E-state index is 0. The molecule has 1 aromatic rings. The lowest BCUT2D eigenvalue weighted by atomic mass is 10.1. The number of aromatic nitrogens is 1. The number of aryl methyl sites for hydroxylation is 2. The number of nitrogens with one attached hydrogen (secondary N) is 1. The second kappa shape index (κ2) is 6.23. The molecule has 1 heterocycles. The zero-order chi connectivity index (χ0) is 11.5. The lowest BCUT2D eigenvalue weighted by Crippen LogP contribution is -2.33. The molecule has 2 rings (SSSR count). The molecule has 1 aromatic heterocycles. The van der Waals surface area contributed by atoms with Crippen molar-refractivity contribution in [1.29, 1.82) is 0 Å². The number of halogens is 1. The first kappa shape index (κ1) is 14.3. The molecule has 0 unspecified atom stereocenters. The van der Waals surface area contributed by atoms with E-state index in [4.69, 9.17) is 10.3 Å². The molecule has 96 valence electrons. The van der Waals surface area contributed by atoms with Gasteiger partial charge in [0.1, 0.15) is 5.76 Å². The fourth-order valence-electron chi connectivity index (χ4n) is 1.63. The summed E-state index contributed by atoms with van der Waals surface area (Å²) in [5.41, 5.74) is 7.82. The second-order valence-electron chi connectivity index (χ2n) is 4.24. The van der Waals surface area contributed by atoms with Gasteiger partial charge in [0.05, 0.1) is 5.69 Å². The molecule has 5 nitrogen and oxygen atoms in total. The molecule has 1 saturated carbocycles. The molecule has 6 heteroatoms. The number of hydrogen-bond acceptors (Lipinski definition) is 3. The van der Waals surface area contributed by atoms with Crippen LogP contribution < -0.4 is 11.1 Å². The number of aliphatic imine (C=N–C) groups is 1. The molecule has 0 atom stereocenters. The van der Waals surface area contributed by atoms with Gasteiger partial charge < -0.3 is 15.6 Å². The summed E-state index contributed by atoms with van der Waals surface area (Å²) < 4.78 is 5.08. The first-order valence-electron chi connectivity index (χ1n) is 5.65. The van der Waals surface area contributed by atoms with Crippen molar-refractivity contribution in [2.75, 3.05) is 6.54 Å². The monoisotopic (exact) mass is 350 g/mol. The molecule has 1 aliphatic rings. The van der Waals surface area contributed by atoms with Gasteiger partial charge in [-0.1, -0.05) is 5.16 Å². The highest BCUT2D eigenvalue weighted by Crippen LogP contribution is 2.18. The van der Waals surface area contributed by atoms with Crippen LogP contribution in [-0.4, -0.2) is 23.7 Å². The van der Waals surface area contributed by atoms with Gasteiger partial charge in [-0.2, -0.15) is 0 Å². The fourth-order valence-corrected chi connectivity index (χ4v) is 1.63. The average molecular weight is 350 g/mol. The molecule has 3 N–H and O–H groups in total. The topological polar surface area (TPSA) is 76.4 Å². The minimum Gasteiger partial charge on any atom is -0.370 e. The van der Waals surface area contributed by atoms with E-state index < -0.39 is 0 Å². The van der Waals surface area contributed by atoms with Crippen molar-refractivity contribution in [3.05, 3.63) is 17.0 Å². The molecule has 0 radical (unpaired) electrons.